The third kappa shape index (κ3) is 4.12. The van der Waals surface area contributed by atoms with Crippen molar-refractivity contribution in [1.29, 1.82) is 0 Å². The molecule has 1 amide bonds. The first kappa shape index (κ1) is 14.1. The molecule has 0 fully saturated rings. The van der Waals surface area contributed by atoms with Gasteiger partial charge in [-0.15, -0.1) is 0 Å². The lowest BCUT2D eigenvalue weighted by atomic mass is 9.98. The first-order valence-electron chi connectivity index (χ1n) is 6.74. The van der Waals surface area contributed by atoms with Crippen molar-refractivity contribution < 1.29 is 4.79 Å². The predicted octanol–water partition coefficient (Wildman–Crippen LogP) is 1.97. The number of nitrogens with two attached hydrogens (primary N) is 1. The highest BCUT2D eigenvalue weighted by molar-refractivity contribution is 5.73. The summed E-state index contributed by atoms with van der Waals surface area (Å²) < 4.78 is 1.53. The van der Waals surface area contributed by atoms with Crippen LogP contribution in [0.25, 0.3) is 0 Å². The molecule has 5 nitrogen and oxygen atoms in total. The van der Waals surface area contributed by atoms with Gasteiger partial charge < -0.3 is 11.1 Å². The fourth-order valence-electron chi connectivity index (χ4n) is 2.08. The third-order valence-corrected chi connectivity index (χ3v) is 3.23. The van der Waals surface area contributed by atoms with Gasteiger partial charge in [0.05, 0.1) is 11.9 Å². The van der Waals surface area contributed by atoms with Crippen LogP contribution in [0.1, 0.15) is 24.8 Å². The minimum absolute atomic E-state index is 0.113. The van der Waals surface area contributed by atoms with Crippen molar-refractivity contribution in [3.05, 3.63) is 48.3 Å². The molecule has 106 valence electrons. The Morgan fingerprint density at radius 1 is 1.40 bits per heavy atom. The zero-order valence-electron chi connectivity index (χ0n) is 11.6. The Labute approximate surface area is 118 Å². The number of rotatable bonds is 7. The van der Waals surface area contributed by atoms with Crippen molar-refractivity contribution in [1.82, 2.24) is 9.78 Å². The molecule has 1 heterocycles. The number of amides is 1. The topological polar surface area (TPSA) is 72.9 Å². The molecule has 5 heteroatoms. The largest absolute Gasteiger partial charge is 0.382 e. The van der Waals surface area contributed by atoms with Crippen LogP contribution in [0.15, 0.2) is 42.7 Å². The molecular formula is C15H20N4O. The van der Waals surface area contributed by atoms with Crippen molar-refractivity contribution in [3.63, 3.8) is 0 Å². The molecular weight excluding hydrogens is 252 g/mol. The molecule has 0 spiro atoms. The summed E-state index contributed by atoms with van der Waals surface area (Å²) in [5, 5.41) is 7.37. The van der Waals surface area contributed by atoms with Crippen LogP contribution >= 0.6 is 0 Å². The maximum Gasteiger partial charge on any atom is 0.239 e. The molecule has 0 saturated heterocycles. The lowest BCUT2D eigenvalue weighted by molar-refractivity contribution is -0.118. The monoisotopic (exact) mass is 272 g/mol. The maximum atomic E-state index is 10.8. The van der Waals surface area contributed by atoms with Gasteiger partial charge in [0.25, 0.3) is 0 Å². The Bertz CT molecular complexity index is 550. The molecule has 0 aliphatic rings. The van der Waals surface area contributed by atoms with Gasteiger partial charge in [0.15, 0.2) is 0 Å². The second-order valence-electron chi connectivity index (χ2n) is 4.92. The van der Waals surface area contributed by atoms with Gasteiger partial charge in [-0.1, -0.05) is 37.3 Å². The van der Waals surface area contributed by atoms with Gasteiger partial charge in [0.2, 0.25) is 5.91 Å². The van der Waals surface area contributed by atoms with Crippen LogP contribution in [-0.4, -0.2) is 22.2 Å². The molecule has 0 bridgehead atoms. The van der Waals surface area contributed by atoms with Gasteiger partial charge in [-0.3, -0.25) is 9.48 Å². The van der Waals surface area contributed by atoms with Crippen LogP contribution in [0.2, 0.25) is 0 Å². The van der Waals surface area contributed by atoms with Gasteiger partial charge in [0.1, 0.15) is 6.54 Å². The zero-order valence-corrected chi connectivity index (χ0v) is 11.6. The minimum atomic E-state index is -0.391. The molecule has 2 rings (SSSR count). The summed E-state index contributed by atoms with van der Waals surface area (Å²) in [6, 6.07) is 10.5. The summed E-state index contributed by atoms with van der Waals surface area (Å²) in [6.07, 6.45) is 4.53. The van der Waals surface area contributed by atoms with Crippen molar-refractivity contribution in [2.45, 2.75) is 25.8 Å². The number of benzene rings is 1. The first-order valence-corrected chi connectivity index (χ1v) is 6.74. The SMILES string of the molecule is CC(CCNc1cnn(CC(N)=O)c1)c1ccccc1. The Hall–Kier alpha value is -2.30. The van der Waals surface area contributed by atoms with E-state index in [-0.39, 0.29) is 6.54 Å². The van der Waals surface area contributed by atoms with Crippen LogP contribution in [0.5, 0.6) is 0 Å². The Morgan fingerprint density at radius 3 is 2.85 bits per heavy atom. The van der Waals surface area contributed by atoms with Crippen molar-refractivity contribution in [3.8, 4) is 0 Å². The van der Waals surface area contributed by atoms with Crippen LogP contribution in [0.3, 0.4) is 0 Å². The second kappa shape index (κ2) is 6.75. The summed E-state index contributed by atoms with van der Waals surface area (Å²) in [4.78, 5) is 10.8. The van der Waals surface area contributed by atoms with E-state index in [4.69, 9.17) is 5.73 Å². The number of primary amides is 1. The minimum Gasteiger partial charge on any atom is -0.382 e. The number of carbonyl (C=O) groups is 1. The van der Waals surface area contributed by atoms with E-state index in [1.807, 2.05) is 6.07 Å². The first-order chi connectivity index (χ1) is 9.65. The summed E-state index contributed by atoms with van der Waals surface area (Å²) in [7, 11) is 0. The van der Waals surface area contributed by atoms with E-state index in [1.54, 1.807) is 12.4 Å². The maximum absolute atomic E-state index is 10.8. The van der Waals surface area contributed by atoms with E-state index in [0.717, 1.165) is 18.7 Å². The van der Waals surface area contributed by atoms with E-state index in [9.17, 15) is 4.79 Å². The number of aromatic nitrogens is 2. The van der Waals surface area contributed by atoms with Crippen LogP contribution < -0.4 is 11.1 Å². The third-order valence-electron chi connectivity index (χ3n) is 3.23. The van der Waals surface area contributed by atoms with Gasteiger partial charge in [-0.25, -0.2) is 0 Å². The lowest BCUT2D eigenvalue weighted by Crippen LogP contribution is -2.18. The van der Waals surface area contributed by atoms with Crippen LogP contribution in [-0.2, 0) is 11.3 Å². The normalized spacial score (nSPS) is 12.1. The molecule has 0 saturated carbocycles. The molecule has 2 aromatic rings. The molecule has 0 radical (unpaired) electrons. The van der Waals surface area contributed by atoms with Gasteiger partial charge in [0, 0.05) is 12.7 Å². The Balaban J connectivity index is 1.78. The van der Waals surface area contributed by atoms with E-state index < -0.39 is 5.91 Å². The Morgan fingerprint density at radius 2 is 2.15 bits per heavy atom. The molecule has 0 aliphatic heterocycles. The summed E-state index contributed by atoms with van der Waals surface area (Å²) in [5.41, 5.74) is 7.37. The molecule has 20 heavy (non-hydrogen) atoms. The molecule has 0 aliphatic carbocycles. The quantitative estimate of drug-likeness (QED) is 0.809. The van der Waals surface area contributed by atoms with Crippen LogP contribution in [0, 0.1) is 0 Å². The molecule has 1 aromatic heterocycles. The van der Waals surface area contributed by atoms with Gasteiger partial charge in [-0.2, -0.15) is 5.10 Å². The van der Waals surface area contributed by atoms with E-state index in [0.29, 0.717) is 5.92 Å². The van der Waals surface area contributed by atoms with E-state index >= 15 is 0 Å². The second-order valence-corrected chi connectivity index (χ2v) is 4.92. The van der Waals surface area contributed by atoms with Crippen molar-refractivity contribution in [2.24, 2.45) is 5.73 Å². The number of carbonyl (C=O) groups excluding carboxylic acids is 1. The van der Waals surface area contributed by atoms with Crippen molar-refractivity contribution in [2.75, 3.05) is 11.9 Å². The highest BCUT2D eigenvalue weighted by Gasteiger charge is 2.05. The number of nitrogens with one attached hydrogen (secondary N) is 1. The summed E-state index contributed by atoms with van der Waals surface area (Å²) >= 11 is 0. The highest BCUT2D eigenvalue weighted by Crippen LogP contribution is 2.18. The number of nitrogens with zero attached hydrogens (tertiary/aromatic N) is 2. The highest BCUT2D eigenvalue weighted by atomic mass is 16.1. The van der Waals surface area contributed by atoms with Gasteiger partial charge >= 0.3 is 0 Å². The molecule has 1 unspecified atom stereocenters. The number of anilines is 1. The number of hydrogen-bond donors (Lipinski definition) is 2. The predicted molar refractivity (Wildman–Crippen MR) is 79.4 cm³/mol. The van der Waals surface area contributed by atoms with Gasteiger partial charge in [-0.05, 0) is 17.9 Å². The standard InChI is InChI=1S/C15H20N4O/c1-12(13-5-3-2-4-6-13)7-8-17-14-9-18-19(10-14)11-15(16)20/h2-6,9-10,12,17H,7-8,11H2,1H3,(H2,16,20). The Kier molecular flexibility index (Phi) is 4.76. The lowest BCUT2D eigenvalue weighted by Gasteiger charge is -2.12. The van der Waals surface area contributed by atoms with E-state index in [1.165, 1.54) is 10.2 Å². The zero-order chi connectivity index (χ0) is 14.4. The van der Waals surface area contributed by atoms with E-state index in [2.05, 4.69) is 41.6 Å². The van der Waals surface area contributed by atoms with Crippen LogP contribution in [0.4, 0.5) is 5.69 Å². The molecule has 3 N–H and O–H groups in total. The smallest absolute Gasteiger partial charge is 0.239 e. The fraction of sp³-hybridized carbons (Fsp3) is 0.333. The summed E-state index contributed by atoms with van der Waals surface area (Å²) in [6.45, 7) is 3.19. The molecule has 1 atom stereocenters. The fourth-order valence-corrected chi connectivity index (χ4v) is 2.08. The average Bonchev–Trinajstić information content (AvgIpc) is 2.86. The van der Waals surface area contributed by atoms with Crippen molar-refractivity contribution >= 4 is 11.6 Å². The number of hydrogen-bond acceptors (Lipinski definition) is 3. The molecule has 1 aromatic carbocycles. The summed E-state index contributed by atoms with van der Waals surface area (Å²) in [5.74, 6) is 0.113. The average molecular weight is 272 g/mol.